The number of phenols is 3. The molecule has 22 heavy (non-hydrogen) atoms. The maximum absolute atomic E-state index is 12.4. The van der Waals surface area contributed by atoms with Gasteiger partial charge in [0.1, 0.15) is 29.1 Å². The van der Waals surface area contributed by atoms with E-state index in [9.17, 15) is 29.7 Å². The van der Waals surface area contributed by atoms with E-state index >= 15 is 0 Å². The fourth-order valence-corrected chi connectivity index (χ4v) is 2.02. The average molecular weight is 302 g/mol. The summed E-state index contributed by atoms with van der Waals surface area (Å²) in [4.78, 5) is 34.2. The molecule has 0 saturated heterocycles. The Labute approximate surface area is 123 Å². The first-order valence-electron chi connectivity index (χ1n) is 5.98. The molecule has 0 spiro atoms. The third-order valence-corrected chi connectivity index (χ3v) is 2.98. The monoisotopic (exact) mass is 302 g/mol. The maximum atomic E-state index is 12.4. The number of benzene rings is 2. The lowest BCUT2D eigenvalue weighted by molar-refractivity contribution is 0.0691. The van der Waals surface area contributed by atoms with E-state index < -0.39 is 45.7 Å². The molecule has 7 nitrogen and oxygen atoms in total. The van der Waals surface area contributed by atoms with Crippen molar-refractivity contribution in [3.05, 3.63) is 52.6 Å². The third kappa shape index (κ3) is 2.47. The second-order valence-corrected chi connectivity index (χ2v) is 4.39. The number of carboxylic acids is 1. The minimum absolute atomic E-state index is 0.0673. The van der Waals surface area contributed by atoms with Gasteiger partial charge < -0.3 is 20.4 Å². The zero-order valence-electron chi connectivity index (χ0n) is 11.0. The summed E-state index contributed by atoms with van der Waals surface area (Å²) in [6, 6.07) is 5.34. The Hall–Kier alpha value is -3.35. The van der Waals surface area contributed by atoms with Crippen molar-refractivity contribution in [2.45, 2.75) is 0 Å². The van der Waals surface area contributed by atoms with Crippen LogP contribution in [0.3, 0.4) is 0 Å². The number of hydrogen-bond donors (Lipinski definition) is 4. The lowest BCUT2D eigenvalue weighted by Gasteiger charge is -2.10. The smallest absolute Gasteiger partial charge is 0.336 e. The minimum Gasteiger partial charge on any atom is -0.507 e. The number of phenolic OH excluding ortho intramolecular Hbond substituents is 3. The SMILES string of the molecule is O=Cc1cc(O)c(C(=O)c2c(O)cccc2C(=O)O)c(O)c1. The molecule has 0 aliphatic heterocycles. The van der Waals surface area contributed by atoms with Crippen molar-refractivity contribution in [3.8, 4) is 17.2 Å². The molecule has 4 N–H and O–H groups in total. The zero-order valence-corrected chi connectivity index (χ0v) is 11.0. The van der Waals surface area contributed by atoms with Gasteiger partial charge in [-0.1, -0.05) is 6.07 Å². The van der Waals surface area contributed by atoms with E-state index in [4.69, 9.17) is 5.11 Å². The molecule has 0 amide bonds. The van der Waals surface area contributed by atoms with E-state index in [1.807, 2.05) is 0 Å². The van der Waals surface area contributed by atoms with Crippen molar-refractivity contribution in [2.75, 3.05) is 0 Å². The van der Waals surface area contributed by atoms with Gasteiger partial charge >= 0.3 is 5.97 Å². The Bertz CT molecular complexity index is 769. The second kappa shape index (κ2) is 5.57. The highest BCUT2D eigenvalue weighted by atomic mass is 16.4. The van der Waals surface area contributed by atoms with Gasteiger partial charge in [-0.3, -0.25) is 9.59 Å². The van der Waals surface area contributed by atoms with Crippen LogP contribution in [-0.4, -0.2) is 38.5 Å². The number of rotatable bonds is 4. The average Bonchev–Trinajstić information content (AvgIpc) is 2.45. The summed E-state index contributed by atoms with van der Waals surface area (Å²) in [6.45, 7) is 0. The molecule has 0 aromatic heterocycles. The van der Waals surface area contributed by atoms with Gasteiger partial charge in [0.05, 0.1) is 11.1 Å². The molecular formula is C15H10O7. The molecule has 0 unspecified atom stereocenters. The first-order valence-corrected chi connectivity index (χ1v) is 5.98. The maximum Gasteiger partial charge on any atom is 0.336 e. The predicted molar refractivity (Wildman–Crippen MR) is 73.7 cm³/mol. The molecule has 0 radical (unpaired) electrons. The molecule has 0 saturated carbocycles. The van der Waals surface area contributed by atoms with Crippen LogP contribution in [-0.2, 0) is 0 Å². The normalized spacial score (nSPS) is 10.2. The van der Waals surface area contributed by atoms with Crippen LogP contribution >= 0.6 is 0 Å². The molecule has 7 heteroatoms. The van der Waals surface area contributed by atoms with Crippen LogP contribution in [0.2, 0.25) is 0 Å². The quantitative estimate of drug-likeness (QED) is 0.497. The largest absolute Gasteiger partial charge is 0.507 e. The number of ketones is 1. The topological polar surface area (TPSA) is 132 Å². The van der Waals surface area contributed by atoms with Crippen molar-refractivity contribution < 1.29 is 34.8 Å². The van der Waals surface area contributed by atoms with E-state index in [0.29, 0.717) is 6.29 Å². The predicted octanol–water partition coefficient (Wildman–Crippen LogP) is 1.55. The highest BCUT2D eigenvalue weighted by molar-refractivity contribution is 6.18. The molecule has 112 valence electrons. The Morgan fingerprint density at radius 3 is 2.00 bits per heavy atom. The fraction of sp³-hybridized carbons (Fsp3) is 0. The molecular weight excluding hydrogens is 292 g/mol. The number of hydrogen-bond acceptors (Lipinski definition) is 6. The molecule has 2 aromatic carbocycles. The van der Waals surface area contributed by atoms with Crippen molar-refractivity contribution >= 4 is 18.0 Å². The van der Waals surface area contributed by atoms with E-state index in [-0.39, 0.29) is 5.56 Å². The summed E-state index contributed by atoms with van der Waals surface area (Å²) in [6.07, 6.45) is 0.358. The molecule has 0 fully saturated rings. The third-order valence-electron chi connectivity index (χ3n) is 2.98. The number of aromatic hydroxyl groups is 3. The summed E-state index contributed by atoms with van der Waals surface area (Å²) in [5.74, 6) is -4.55. The number of carboxylic acid groups (broad SMARTS) is 1. The van der Waals surface area contributed by atoms with Gasteiger partial charge in [0.15, 0.2) is 0 Å². The highest BCUT2D eigenvalue weighted by Gasteiger charge is 2.26. The molecule has 0 heterocycles. The van der Waals surface area contributed by atoms with Gasteiger partial charge in [-0.05, 0) is 24.3 Å². The van der Waals surface area contributed by atoms with Gasteiger partial charge in [0.25, 0.3) is 0 Å². The Balaban J connectivity index is 2.69. The van der Waals surface area contributed by atoms with Crippen LogP contribution in [0.4, 0.5) is 0 Å². The van der Waals surface area contributed by atoms with E-state index in [0.717, 1.165) is 24.3 Å². The van der Waals surface area contributed by atoms with Crippen molar-refractivity contribution in [1.82, 2.24) is 0 Å². The van der Waals surface area contributed by atoms with Crippen LogP contribution in [0.25, 0.3) is 0 Å². The number of aromatic carboxylic acids is 1. The van der Waals surface area contributed by atoms with Crippen LogP contribution in [0.1, 0.15) is 36.6 Å². The van der Waals surface area contributed by atoms with Crippen molar-refractivity contribution in [2.24, 2.45) is 0 Å². The van der Waals surface area contributed by atoms with Gasteiger partial charge in [0.2, 0.25) is 5.78 Å². The van der Waals surface area contributed by atoms with Crippen LogP contribution in [0.5, 0.6) is 17.2 Å². The van der Waals surface area contributed by atoms with Gasteiger partial charge in [0, 0.05) is 5.56 Å². The summed E-state index contributed by atoms with van der Waals surface area (Å²) in [5.41, 5.74) is -1.72. The van der Waals surface area contributed by atoms with Gasteiger partial charge in [-0.25, -0.2) is 4.79 Å². The first kappa shape index (κ1) is 15.0. The standard InChI is InChI=1S/C15H10O7/c16-6-7-4-10(18)13(11(19)5-7)14(20)12-8(15(21)22)2-1-3-9(12)17/h1-6,17-19H,(H,21,22). The summed E-state index contributed by atoms with van der Waals surface area (Å²) in [7, 11) is 0. The second-order valence-electron chi connectivity index (χ2n) is 4.39. The Morgan fingerprint density at radius 1 is 0.909 bits per heavy atom. The van der Waals surface area contributed by atoms with E-state index in [1.54, 1.807) is 0 Å². The van der Waals surface area contributed by atoms with Gasteiger partial charge in [-0.15, -0.1) is 0 Å². The van der Waals surface area contributed by atoms with Crippen LogP contribution < -0.4 is 0 Å². The molecule has 2 aromatic rings. The molecule has 0 atom stereocenters. The first-order chi connectivity index (χ1) is 10.4. The zero-order chi connectivity index (χ0) is 16.4. The lowest BCUT2D eigenvalue weighted by Crippen LogP contribution is -2.10. The van der Waals surface area contributed by atoms with E-state index in [2.05, 4.69) is 0 Å². The lowest BCUT2D eigenvalue weighted by atomic mass is 9.95. The Morgan fingerprint density at radius 2 is 1.50 bits per heavy atom. The van der Waals surface area contributed by atoms with E-state index in [1.165, 1.54) is 6.07 Å². The molecule has 0 aliphatic rings. The molecule has 0 bridgehead atoms. The molecule has 0 aliphatic carbocycles. The van der Waals surface area contributed by atoms with Gasteiger partial charge in [-0.2, -0.15) is 0 Å². The van der Waals surface area contributed by atoms with Crippen molar-refractivity contribution in [3.63, 3.8) is 0 Å². The number of carbonyl (C=O) groups excluding carboxylic acids is 2. The Kier molecular flexibility index (Phi) is 3.81. The summed E-state index contributed by atoms with van der Waals surface area (Å²) in [5, 5.41) is 38.4. The number of carbonyl (C=O) groups is 3. The number of aldehydes is 1. The van der Waals surface area contributed by atoms with Crippen LogP contribution in [0.15, 0.2) is 30.3 Å². The summed E-state index contributed by atoms with van der Waals surface area (Å²) < 4.78 is 0. The highest BCUT2D eigenvalue weighted by Crippen LogP contribution is 2.34. The summed E-state index contributed by atoms with van der Waals surface area (Å²) >= 11 is 0. The van der Waals surface area contributed by atoms with Crippen molar-refractivity contribution in [1.29, 1.82) is 0 Å². The minimum atomic E-state index is -1.46. The van der Waals surface area contributed by atoms with Crippen LogP contribution in [0, 0.1) is 0 Å². The molecule has 2 rings (SSSR count). The fourth-order valence-electron chi connectivity index (χ4n) is 2.02.